The maximum atomic E-state index is 12.9. The quantitative estimate of drug-likeness (QED) is 0.901. The van der Waals surface area contributed by atoms with Crippen LogP contribution in [0, 0.1) is 18.8 Å². The Labute approximate surface area is 154 Å². The molecule has 3 amide bonds. The molecule has 6 nitrogen and oxygen atoms in total. The van der Waals surface area contributed by atoms with E-state index in [0.29, 0.717) is 30.4 Å². The average Bonchev–Trinajstić information content (AvgIpc) is 3.45. The molecule has 3 saturated heterocycles. The van der Waals surface area contributed by atoms with Crippen molar-refractivity contribution in [3.63, 3.8) is 0 Å². The summed E-state index contributed by atoms with van der Waals surface area (Å²) in [5.74, 6) is 1.51. The minimum Gasteiger partial charge on any atom is -0.495 e. The molecule has 3 aliphatic heterocycles. The number of aryl methyl sites for hydroxylation is 1. The number of piperidine rings is 1. The highest BCUT2D eigenvalue weighted by atomic mass is 16.5. The van der Waals surface area contributed by atoms with Crippen molar-refractivity contribution in [2.24, 2.45) is 11.8 Å². The van der Waals surface area contributed by atoms with Crippen LogP contribution in [0.3, 0.4) is 0 Å². The number of methoxy groups -OCH3 is 1. The fourth-order valence-electron chi connectivity index (χ4n) is 4.14. The Morgan fingerprint density at radius 2 is 2.04 bits per heavy atom. The fourth-order valence-corrected chi connectivity index (χ4v) is 4.14. The van der Waals surface area contributed by atoms with E-state index < -0.39 is 0 Å². The summed E-state index contributed by atoms with van der Waals surface area (Å²) >= 11 is 0. The van der Waals surface area contributed by atoms with Crippen LogP contribution in [0.1, 0.15) is 31.2 Å². The molecule has 26 heavy (non-hydrogen) atoms. The predicted molar refractivity (Wildman–Crippen MR) is 99.3 cm³/mol. The van der Waals surface area contributed by atoms with Crippen molar-refractivity contribution in [2.75, 3.05) is 32.1 Å². The predicted octanol–water partition coefficient (Wildman–Crippen LogP) is 2.87. The number of urea groups is 1. The van der Waals surface area contributed by atoms with Crippen molar-refractivity contribution >= 4 is 17.6 Å². The van der Waals surface area contributed by atoms with Gasteiger partial charge in [0.15, 0.2) is 0 Å². The molecule has 3 heterocycles. The van der Waals surface area contributed by atoms with Gasteiger partial charge in [-0.05, 0) is 56.2 Å². The van der Waals surface area contributed by atoms with Gasteiger partial charge in [0, 0.05) is 25.7 Å². The molecule has 2 bridgehead atoms. The molecule has 1 N–H and O–H groups in total. The molecule has 4 aliphatic rings. The zero-order chi connectivity index (χ0) is 18.3. The van der Waals surface area contributed by atoms with Crippen LogP contribution in [0.15, 0.2) is 18.2 Å². The van der Waals surface area contributed by atoms with Crippen LogP contribution in [0.25, 0.3) is 0 Å². The second-order valence-electron chi connectivity index (χ2n) is 7.90. The summed E-state index contributed by atoms with van der Waals surface area (Å²) < 4.78 is 5.36. The largest absolute Gasteiger partial charge is 0.495 e. The maximum Gasteiger partial charge on any atom is 0.322 e. The van der Waals surface area contributed by atoms with Crippen LogP contribution in [0.5, 0.6) is 5.75 Å². The standard InChI is InChI=1S/C20H27N3O3/c1-13-3-8-18(26-2)17(9-13)21-20(25)22-11-15-6-7-16(12-22)23(19(15)24)10-14-4-5-14/h3,8-9,14-16H,4-7,10-12H2,1-2H3,(H,21,25). The first-order valence-electron chi connectivity index (χ1n) is 9.56. The van der Waals surface area contributed by atoms with Crippen molar-refractivity contribution in [1.82, 2.24) is 9.80 Å². The Morgan fingerprint density at radius 1 is 1.23 bits per heavy atom. The molecule has 1 aromatic carbocycles. The summed E-state index contributed by atoms with van der Waals surface area (Å²) in [6.07, 6.45) is 4.36. The van der Waals surface area contributed by atoms with Gasteiger partial charge in [-0.3, -0.25) is 4.79 Å². The molecular weight excluding hydrogens is 330 g/mol. The molecule has 5 rings (SSSR count). The van der Waals surface area contributed by atoms with E-state index in [1.54, 1.807) is 7.11 Å². The van der Waals surface area contributed by atoms with Crippen molar-refractivity contribution in [3.05, 3.63) is 23.8 Å². The second-order valence-corrected chi connectivity index (χ2v) is 7.90. The minimum atomic E-state index is -0.146. The van der Waals surface area contributed by atoms with Gasteiger partial charge in [-0.2, -0.15) is 0 Å². The van der Waals surface area contributed by atoms with Crippen LogP contribution < -0.4 is 10.1 Å². The molecule has 140 valence electrons. The van der Waals surface area contributed by atoms with Crippen molar-refractivity contribution < 1.29 is 14.3 Å². The van der Waals surface area contributed by atoms with Gasteiger partial charge in [-0.25, -0.2) is 4.79 Å². The molecule has 0 spiro atoms. The number of nitrogens with one attached hydrogen (secondary N) is 1. The number of carbonyl (C=O) groups excluding carboxylic acids is 2. The monoisotopic (exact) mass is 357 g/mol. The Morgan fingerprint density at radius 3 is 2.77 bits per heavy atom. The average molecular weight is 357 g/mol. The molecule has 4 fully saturated rings. The molecule has 1 aromatic rings. The number of nitrogens with zero attached hydrogens (tertiary/aromatic N) is 2. The van der Waals surface area contributed by atoms with E-state index >= 15 is 0 Å². The molecule has 0 radical (unpaired) electrons. The van der Waals surface area contributed by atoms with E-state index in [1.165, 1.54) is 12.8 Å². The van der Waals surface area contributed by atoms with Crippen molar-refractivity contribution in [3.8, 4) is 5.75 Å². The zero-order valence-electron chi connectivity index (χ0n) is 15.5. The van der Waals surface area contributed by atoms with Gasteiger partial charge in [0.05, 0.1) is 18.7 Å². The van der Waals surface area contributed by atoms with Crippen LogP contribution in [0.4, 0.5) is 10.5 Å². The number of ether oxygens (including phenoxy) is 1. The van der Waals surface area contributed by atoms with Gasteiger partial charge < -0.3 is 19.9 Å². The number of hydrogen-bond donors (Lipinski definition) is 1. The molecular formula is C20H27N3O3. The van der Waals surface area contributed by atoms with Crippen LogP contribution in [-0.2, 0) is 4.79 Å². The number of hydrogen-bond acceptors (Lipinski definition) is 3. The topological polar surface area (TPSA) is 61.9 Å². The highest BCUT2D eigenvalue weighted by Crippen LogP contribution is 2.36. The van der Waals surface area contributed by atoms with E-state index in [1.807, 2.05) is 30.0 Å². The molecule has 1 saturated carbocycles. The summed E-state index contributed by atoms with van der Waals surface area (Å²) in [5, 5.41) is 2.98. The molecule has 6 heteroatoms. The highest BCUT2D eigenvalue weighted by molar-refractivity contribution is 5.92. The number of carbonyl (C=O) groups is 2. The lowest BCUT2D eigenvalue weighted by atomic mass is 9.94. The Hall–Kier alpha value is -2.24. The van der Waals surface area contributed by atoms with E-state index in [9.17, 15) is 9.59 Å². The summed E-state index contributed by atoms with van der Waals surface area (Å²) in [6.45, 7) is 3.99. The molecule has 2 atom stereocenters. The van der Waals surface area contributed by atoms with E-state index in [0.717, 1.165) is 24.9 Å². The number of fused-ring (bicyclic) bond motifs is 4. The first-order valence-corrected chi connectivity index (χ1v) is 9.56. The second kappa shape index (κ2) is 6.82. The van der Waals surface area contributed by atoms with Crippen LogP contribution in [-0.4, -0.2) is 54.5 Å². The third-order valence-corrected chi connectivity index (χ3v) is 5.83. The normalized spacial score (nSPS) is 25.2. The highest BCUT2D eigenvalue weighted by Gasteiger charge is 2.43. The van der Waals surface area contributed by atoms with Gasteiger partial charge in [-0.1, -0.05) is 6.07 Å². The first kappa shape index (κ1) is 17.2. The molecule has 1 aliphatic carbocycles. The lowest BCUT2D eigenvalue weighted by Crippen LogP contribution is -2.49. The van der Waals surface area contributed by atoms with Gasteiger partial charge >= 0.3 is 6.03 Å². The molecule has 0 aromatic heterocycles. The third kappa shape index (κ3) is 3.37. The van der Waals surface area contributed by atoms with Gasteiger partial charge in [-0.15, -0.1) is 0 Å². The number of benzene rings is 1. The Kier molecular flexibility index (Phi) is 4.51. The number of amides is 3. The zero-order valence-corrected chi connectivity index (χ0v) is 15.5. The lowest BCUT2D eigenvalue weighted by molar-refractivity contribution is -0.140. The van der Waals surface area contributed by atoms with Gasteiger partial charge in [0.1, 0.15) is 5.75 Å². The molecule has 2 unspecified atom stereocenters. The smallest absolute Gasteiger partial charge is 0.322 e. The van der Waals surface area contributed by atoms with Crippen molar-refractivity contribution in [2.45, 2.75) is 38.6 Å². The van der Waals surface area contributed by atoms with Crippen molar-refractivity contribution in [1.29, 1.82) is 0 Å². The van der Waals surface area contributed by atoms with E-state index in [-0.39, 0.29) is 23.9 Å². The fraction of sp³-hybridized carbons (Fsp3) is 0.600. The Balaban J connectivity index is 1.49. The number of anilines is 1. The summed E-state index contributed by atoms with van der Waals surface area (Å²) in [4.78, 5) is 29.6. The Bertz CT molecular complexity index is 716. The van der Waals surface area contributed by atoms with Crippen LogP contribution in [0.2, 0.25) is 0 Å². The summed E-state index contributed by atoms with van der Waals surface area (Å²) in [6, 6.07) is 5.74. The first-order chi connectivity index (χ1) is 12.5. The SMILES string of the molecule is COc1ccc(C)cc1NC(=O)N1CC2CCC(C1)N(CC1CC1)C2=O. The van der Waals surface area contributed by atoms with Gasteiger partial charge in [0.25, 0.3) is 0 Å². The maximum absolute atomic E-state index is 12.9. The minimum absolute atomic E-state index is 0.0577. The van der Waals surface area contributed by atoms with E-state index in [4.69, 9.17) is 4.74 Å². The van der Waals surface area contributed by atoms with Crippen LogP contribution >= 0.6 is 0 Å². The lowest BCUT2D eigenvalue weighted by Gasteiger charge is -2.36. The summed E-state index contributed by atoms with van der Waals surface area (Å²) in [7, 11) is 1.60. The van der Waals surface area contributed by atoms with Gasteiger partial charge in [0.2, 0.25) is 5.91 Å². The number of rotatable bonds is 4. The van der Waals surface area contributed by atoms with E-state index in [2.05, 4.69) is 10.2 Å². The third-order valence-electron chi connectivity index (χ3n) is 5.83. The summed E-state index contributed by atoms with van der Waals surface area (Å²) in [5.41, 5.74) is 1.73.